The van der Waals surface area contributed by atoms with Crippen LogP contribution in [0, 0.1) is 12.7 Å². The molecule has 0 unspecified atom stereocenters. The monoisotopic (exact) mass is 428 g/mol. The van der Waals surface area contributed by atoms with Gasteiger partial charge in [0, 0.05) is 16.7 Å². The van der Waals surface area contributed by atoms with Gasteiger partial charge in [0.2, 0.25) is 5.78 Å². The van der Waals surface area contributed by atoms with Gasteiger partial charge in [-0.25, -0.2) is 4.39 Å². The van der Waals surface area contributed by atoms with Gasteiger partial charge < -0.3 is 9.47 Å². The second kappa shape index (κ2) is 7.90. The molecular weight excluding hydrogens is 414 g/mol. The van der Waals surface area contributed by atoms with E-state index in [0.29, 0.717) is 38.2 Å². The second-order valence-corrected chi connectivity index (χ2v) is 7.38. The highest BCUT2D eigenvalue weighted by atomic mass is 35.5. The number of allylic oxidation sites excluding steroid dienone is 1. The van der Waals surface area contributed by atoms with Crippen molar-refractivity contribution in [2.24, 2.45) is 0 Å². The Bertz CT molecular complexity index is 1130. The highest BCUT2D eigenvalue weighted by molar-refractivity contribution is 6.32. The zero-order valence-corrected chi connectivity index (χ0v) is 16.9. The van der Waals surface area contributed by atoms with Crippen molar-refractivity contribution in [2.45, 2.75) is 13.5 Å². The summed E-state index contributed by atoms with van der Waals surface area (Å²) in [7, 11) is 0. The molecule has 6 heteroatoms. The van der Waals surface area contributed by atoms with E-state index >= 15 is 0 Å². The van der Waals surface area contributed by atoms with Gasteiger partial charge in [0.15, 0.2) is 5.76 Å². The molecule has 1 heterocycles. The molecule has 0 fully saturated rings. The number of carbonyl (C=O) groups is 1. The Balaban J connectivity index is 1.60. The Labute approximate surface area is 177 Å². The largest absolute Gasteiger partial charge is 0.489 e. The summed E-state index contributed by atoms with van der Waals surface area (Å²) < 4.78 is 25.4. The maximum absolute atomic E-state index is 13.9. The van der Waals surface area contributed by atoms with Gasteiger partial charge in [0.25, 0.3) is 0 Å². The average Bonchev–Trinajstić information content (AvgIpc) is 2.99. The Morgan fingerprint density at radius 1 is 1.07 bits per heavy atom. The number of ether oxygens (including phenoxy) is 2. The molecule has 29 heavy (non-hydrogen) atoms. The number of aryl methyl sites for hydroxylation is 1. The van der Waals surface area contributed by atoms with Gasteiger partial charge in [-0.3, -0.25) is 4.79 Å². The van der Waals surface area contributed by atoms with Crippen LogP contribution in [0.1, 0.15) is 27.0 Å². The van der Waals surface area contributed by atoms with E-state index < -0.39 is 5.82 Å². The van der Waals surface area contributed by atoms with E-state index in [1.807, 2.05) is 12.1 Å². The fraction of sp³-hybridized carbons (Fsp3) is 0.0870. The number of rotatable bonds is 4. The van der Waals surface area contributed by atoms with Crippen LogP contribution in [0.15, 0.2) is 60.4 Å². The summed E-state index contributed by atoms with van der Waals surface area (Å²) in [4.78, 5) is 12.8. The first-order chi connectivity index (χ1) is 13.9. The van der Waals surface area contributed by atoms with Crippen molar-refractivity contribution in [2.75, 3.05) is 0 Å². The highest BCUT2D eigenvalue weighted by Crippen LogP contribution is 2.38. The minimum atomic E-state index is -0.438. The van der Waals surface area contributed by atoms with Crippen molar-refractivity contribution in [3.8, 4) is 11.5 Å². The molecule has 0 aromatic heterocycles. The predicted molar refractivity (Wildman–Crippen MR) is 111 cm³/mol. The van der Waals surface area contributed by atoms with E-state index in [0.717, 1.165) is 0 Å². The van der Waals surface area contributed by atoms with Gasteiger partial charge in [-0.05, 0) is 48.4 Å². The smallest absolute Gasteiger partial charge is 0.232 e. The van der Waals surface area contributed by atoms with E-state index in [-0.39, 0.29) is 23.7 Å². The van der Waals surface area contributed by atoms with Crippen LogP contribution in [0.3, 0.4) is 0 Å². The first-order valence-corrected chi connectivity index (χ1v) is 9.59. The van der Waals surface area contributed by atoms with Gasteiger partial charge in [-0.2, -0.15) is 0 Å². The van der Waals surface area contributed by atoms with Crippen LogP contribution in [0.2, 0.25) is 10.0 Å². The molecule has 0 radical (unpaired) electrons. The summed E-state index contributed by atoms with van der Waals surface area (Å²) in [5, 5.41) is 0.814. The molecule has 0 N–H and O–H groups in total. The van der Waals surface area contributed by atoms with E-state index in [1.165, 1.54) is 12.1 Å². The number of ketones is 1. The number of benzene rings is 3. The molecule has 0 atom stereocenters. The van der Waals surface area contributed by atoms with Crippen LogP contribution in [-0.2, 0) is 6.61 Å². The van der Waals surface area contributed by atoms with E-state index in [9.17, 15) is 9.18 Å². The van der Waals surface area contributed by atoms with Crippen LogP contribution >= 0.6 is 23.2 Å². The first-order valence-electron chi connectivity index (χ1n) is 8.83. The summed E-state index contributed by atoms with van der Waals surface area (Å²) in [6.07, 6.45) is 1.61. The van der Waals surface area contributed by atoms with Crippen molar-refractivity contribution < 1.29 is 18.7 Å². The van der Waals surface area contributed by atoms with Crippen LogP contribution in [0.25, 0.3) is 6.08 Å². The number of halogens is 3. The third-order valence-corrected chi connectivity index (χ3v) is 5.28. The van der Waals surface area contributed by atoms with Gasteiger partial charge in [0.05, 0.1) is 10.6 Å². The summed E-state index contributed by atoms with van der Waals surface area (Å²) in [6.45, 7) is 1.75. The van der Waals surface area contributed by atoms with Crippen LogP contribution in [0.5, 0.6) is 11.5 Å². The molecule has 1 aliphatic heterocycles. The lowest BCUT2D eigenvalue weighted by Gasteiger charge is -2.11. The molecule has 3 aromatic rings. The van der Waals surface area contributed by atoms with Crippen LogP contribution in [0.4, 0.5) is 4.39 Å². The fourth-order valence-corrected chi connectivity index (χ4v) is 3.53. The molecule has 3 nitrogen and oxygen atoms in total. The standard InChI is InChI=1S/C23H15Cl2FO3/c1-13-9-15(28-12-16-18(25)7-4-8-19(16)26)11-20-22(13)23(27)21(29-20)10-14-5-2-3-6-17(14)24/h2-11H,12H2,1H3/b21-10-. The maximum atomic E-state index is 13.9. The topological polar surface area (TPSA) is 35.5 Å². The van der Waals surface area contributed by atoms with E-state index in [1.54, 1.807) is 43.3 Å². The highest BCUT2D eigenvalue weighted by Gasteiger charge is 2.30. The molecule has 0 aliphatic carbocycles. The Morgan fingerprint density at radius 3 is 2.59 bits per heavy atom. The lowest BCUT2D eigenvalue weighted by molar-refractivity contribution is 0.101. The Morgan fingerprint density at radius 2 is 1.83 bits per heavy atom. The molecular formula is C23H15Cl2FO3. The third-order valence-electron chi connectivity index (χ3n) is 4.58. The van der Waals surface area contributed by atoms with Crippen LogP contribution in [-0.4, -0.2) is 5.78 Å². The SMILES string of the molecule is Cc1cc(OCc2c(F)cccc2Cl)cc2c1C(=O)/C(=C/c1ccccc1Cl)O2. The number of carbonyl (C=O) groups excluding carboxylic acids is 1. The van der Waals surface area contributed by atoms with Crippen molar-refractivity contribution >= 4 is 35.1 Å². The summed E-state index contributed by atoms with van der Waals surface area (Å²) in [6, 6.07) is 15.0. The quantitative estimate of drug-likeness (QED) is 0.437. The summed E-state index contributed by atoms with van der Waals surface area (Å²) in [5.74, 6) is 0.369. The molecule has 0 spiro atoms. The molecule has 0 saturated heterocycles. The number of hydrogen-bond acceptors (Lipinski definition) is 3. The van der Waals surface area contributed by atoms with Gasteiger partial charge in [-0.1, -0.05) is 47.5 Å². The number of Topliss-reactive ketones (excluding diaryl/α,β-unsaturated/α-hetero) is 1. The molecule has 0 saturated carbocycles. The van der Waals surface area contributed by atoms with E-state index in [4.69, 9.17) is 32.7 Å². The molecule has 3 aromatic carbocycles. The predicted octanol–water partition coefficient (Wildman–Crippen LogP) is 6.64. The second-order valence-electron chi connectivity index (χ2n) is 6.56. The fourth-order valence-electron chi connectivity index (χ4n) is 3.12. The van der Waals surface area contributed by atoms with Crippen molar-refractivity contribution in [1.29, 1.82) is 0 Å². The van der Waals surface area contributed by atoms with Crippen LogP contribution < -0.4 is 9.47 Å². The average molecular weight is 429 g/mol. The van der Waals surface area contributed by atoms with Crippen molar-refractivity contribution in [1.82, 2.24) is 0 Å². The maximum Gasteiger partial charge on any atom is 0.232 e. The number of hydrogen-bond donors (Lipinski definition) is 0. The normalized spacial score (nSPS) is 14.1. The zero-order chi connectivity index (χ0) is 20.5. The molecule has 1 aliphatic rings. The molecule has 0 bridgehead atoms. The van der Waals surface area contributed by atoms with Crippen molar-refractivity contribution in [3.63, 3.8) is 0 Å². The van der Waals surface area contributed by atoms with E-state index in [2.05, 4.69) is 0 Å². The summed E-state index contributed by atoms with van der Waals surface area (Å²) in [5.41, 5.74) is 2.13. The van der Waals surface area contributed by atoms with Gasteiger partial charge in [-0.15, -0.1) is 0 Å². The summed E-state index contributed by atoms with van der Waals surface area (Å²) >= 11 is 12.2. The lowest BCUT2D eigenvalue weighted by atomic mass is 10.0. The third kappa shape index (κ3) is 3.86. The Kier molecular flexibility index (Phi) is 5.31. The molecule has 146 valence electrons. The first kappa shape index (κ1) is 19.5. The van der Waals surface area contributed by atoms with Crippen molar-refractivity contribution in [3.05, 3.63) is 98.5 Å². The molecule has 4 rings (SSSR count). The zero-order valence-electron chi connectivity index (χ0n) is 15.3. The lowest BCUT2D eigenvalue weighted by Crippen LogP contribution is -2.01. The van der Waals surface area contributed by atoms with Gasteiger partial charge in [0.1, 0.15) is 23.9 Å². The minimum absolute atomic E-state index is 0.0417. The van der Waals surface area contributed by atoms with Gasteiger partial charge >= 0.3 is 0 Å². The molecule has 0 amide bonds. The number of fused-ring (bicyclic) bond motifs is 1. The Hall–Kier alpha value is -2.82. The minimum Gasteiger partial charge on any atom is -0.489 e.